The summed E-state index contributed by atoms with van der Waals surface area (Å²) in [6.07, 6.45) is 6.08. The second-order valence-corrected chi connectivity index (χ2v) is 4.86. The maximum absolute atomic E-state index is 9.32. The average Bonchev–Trinajstić information content (AvgIpc) is 2.43. The van der Waals surface area contributed by atoms with Gasteiger partial charge in [0.05, 0.1) is 12.2 Å². The van der Waals surface area contributed by atoms with Crippen LogP contribution in [0.25, 0.3) is 0 Å². The van der Waals surface area contributed by atoms with Gasteiger partial charge in [-0.15, -0.1) is 0 Å². The zero-order valence-electron chi connectivity index (χ0n) is 8.41. The smallest absolute Gasteiger partial charge is 0.0580 e. The molecule has 1 N–H and O–H groups in total. The van der Waals surface area contributed by atoms with E-state index in [0.29, 0.717) is 12.0 Å². The van der Waals surface area contributed by atoms with Gasteiger partial charge in [-0.2, -0.15) is 0 Å². The molecule has 0 aliphatic heterocycles. The normalized spacial score (nSPS) is 44.8. The number of rotatable bonds is 3. The van der Waals surface area contributed by atoms with E-state index < -0.39 is 0 Å². The van der Waals surface area contributed by atoms with Gasteiger partial charge in [0.15, 0.2) is 0 Å². The quantitative estimate of drug-likeness (QED) is 0.726. The maximum atomic E-state index is 9.32. The zero-order chi connectivity index (χ0) is 9.26. The molecule has 2 fully saturated rings. The summed E-state index contributed by atoms with van der Waals surface area (Å²) < 4.78 is 5.77. The van der Waals surface area contributed by atoms with Gasteiger partial charge in [-0.05, 0) is 43.9 Å². The van der Waals surface area contributed by atoms with Crippen LogP contribution in [0.3, 0.4) is 0 Å². The van der Waals surface area contributed by atoms with E-state index in [4.69, 9.17) is 4.74 Å². The van der Waals surface area contributed by atoms with Gasteiger partial charge < -0.3 is 9.84 Å². The van der Waals surface area contributed by atoms with Crippen LogP contribution in [0.1, 0.15) is 39.0 Å². The Labute approximate surface area is 80.3 Å². The van der Waals surface area contributed by atoms with Crippen molar-refractivity contribution < 1.29 is 9.84 Å². The number of hydrogen-bond acceptors (Lipinski definition) is 2. The first-order valence-corrected chi connectivity index (χ1v) is 5.53. The molecule has 0 radical (unpaired) electrons. The Morgan fingerprint density at radius 3 is 2.54 bits per heavy atom. The number of aliphatic hydroxyl groups excluding tert-OH is 1. The van der Waals surface area contributed by atoms with E-state index in [1.165, 1.54) is 12.8 Å². The highest BCUT2D eigenvalue weighted by Gasteiger charge is 2.28. The first kappa shape index (κ1) is 9.47. The van der Waals surface area contributed by atoms with Crippen LogP contribution < -0.4 is 0 Å². The van der Waals surface area contributed by atoms with Crippen LogP contribution in [0.15, 0.2) is 0 Å². The zero-order valence-corrected chi connectivity index (χ0v) is 8.41. The molecule has 0 aromatic heterocycles. The second-order valence-electron chi connectivity index (χ2n) is 4.86. The van der Waals surface area contributed by atoms with E-state index in [1.54, 1.807) is 0 Å². The molecule has 2 atom stereocenters. The van der Waals surface area contributed by atoms with Crippen LogP contribution in [0, 0.1) is 11.8 Å². The Morgan fingerprint density at radius 2 is 2.00 bits per heavy atom. The first-order chi connectivity index (χ1) is 6.24. The monoisotopic (exact) mass is 184 g/mol. The number of ether oxygens (including phenoxy) is 1. The molecule has 0 saturated heterocycles. The largest absolute Gasteiger partial charge is 0.393 e. The van der Waals surface area contributed by atoms with Crippen molar-refractivity contribution in [2.24, 2.45) is 11.8 Å². The van der Waals surface area contributed by atoms with Gasteiger partial charge in [0.2, 0.25) is 0 Å². The van der Waals surface area contributed by atoms with Crippen LogP contribution >= 0.6 is 0 Å². The fraction of sp³-hybridized carbons (Fsp3) is 1.00. The highest BCUT2D eigenvalue weighted by Crippen LogP contribution is 2.31. The molecule has 1 unspecified atom stereocenters. The van der Waals surface area contributed by atoms with Crippen LogP contribution in [0.2, 0.25) is 0 Å². The molecule has 0 heterocycles. The van der Waals surface area contributed by atoms with Crippen molar-refractivity contribution in [2.45, 2.75) is 51.2 Å². The summed E-state index contributed by atoms with van der Waals surface area (Å²) >= 11 is 0. The van der Waals surface area contributed by atoms with Crippen molar-refractivity contribution in [1.29, 1.82) is 0 Å². The van der Waals surface area contributed by atoms with Crippen LogP contribution in [-0.2, 0) is 4.74 Å². The summed E-state index contributed by atoms with van der Waals surface area (Å²) in [5.41, 5.74) is 0. The van der Waals surface area contributed by atoms with E-state index >= 15 is 0 Å². The Kier molecular flexibility index (Phi) is 2.89. The van der Waals surface area contributed by atoms with Crippen LogP contribution in [0.4, 0.5) is 0 Å². The third kappa shape index (κ3) is 2.44. The molecule has 2 aliphatic carbocycles. The molecule has 0 amide bonds. The maximum Gasteiger partial charge on any atom is 0.0580 e. The van der Waals surface area contributed by atoms with Crippen molar-refractivity contribution >= 4 is 0 Å². The summed E-state index contributed by atoms with van der Waals surface area (Å²) in [5.74, 6) is 1.50. The van der Waals surface area contributed by atoms with Gasteiger partial charge >= 0.3 is 0 Å². The lowest BCUT2D eigenvalue weighted by Gasteiger charge is -2.33. The van der Waals surface area contributed by atoms with Gasteiger partial charge in [0.25, 0.3) is 0 Å². The lowest BCUT2D eigenvalue weighted by Crippen LogP contribution is -2.30. The van der Waals surface area contributed by atoms with E-state index in [9.17, 15) is 5.11 Å². The summed E-state index contributed by atoms with van der Waals surface area (Å²) in [7, 11) is 0. The topological polar surface area (TPSA) is 29.5 Å². The summed E-state index contributed by atoms with van der Waals surface area (Å²) in [4.78, 5) is 0. The minimum Gasteiger partial charge on any atom is -0.393 e. The fourth-order valence-electron chi connectivity index (χ4n) is 2.44. The fourth-order valence-corrected chi connectivity index (χ4v) is 2.44. The van der Waals surface area contributed by atoms with Crippen molar-refractivity contribution in [2.75, 3.05) is 6.61 Å². The first-order valence-electron chi connectivity index (χ1n) is 5.53. The second kappa shape index (κ2) is 3.97. The molecule has 2 aliphatic rings. The van der Waals surface area contributed by atoms with E-state index in [2.05, 4.69) is 6.92 Å². The SMILES string of the molecule is C[C@H]1C[C@H](OC[C@@H]2CCC(O)C2)C1. The Balaban J connectivity index is 1.58. The molecule has 2 saturated carbocycles. The highest BCUT2D eigenvalue weighted by atomic mass is 16.5. The summed E-state index contributed by atoms with van der Waals surface area (Å²) in [6, 6.07) is 0. The lowest BCUT2D eigenvalue weighted by molar-refractivity contribution is -0.0406. The molecular weight excluding hydrogens is 164 g/mol. The van der Waals surface area contributed by atoms with Crippen LogP contribution in [0.5, 0.6) is 0 Å². The van der Waals surface area contributed by atoms with Crippen molar-refractivity contribution in [3.63, 3.8) is 0 Å². The van der Waals surface area contributed by atoms with E-state index in [0.717, 1.165) is 31.8 Å². The molecule has 0 aromatic carbocycles. The molecule has 2 heteroatoms. The lowest BCUT2D eigenvalue weighted by atomic mass is 9.84. The van der Waals surface area contributed by atoms with Gasteiger partial charge in [-0.25, -0.2) is 0 Å². The van der Waals surface area contributed by atoms with Crippen molar-refractivity contribution in [3.8, 4) is 0 Å². The van der Waals surface area contributed by atoms with Crippen LogP contribution in [-0.4, -0.2) is 23.9 Å². The standard InChI is InChI=1S/C11H20O2/c1-8-4-11(5-8)13-7-9-2-3-10(12)6-9/h8-12H,2-7H2,1H3/t8-,9-,10?,11-/m1/s1. The molecule has 0 bridgehead atoms. The Bertz CT molecular complexity index is 163. The number of hydrogen-bond donors (Lipinski definition) is 1. The molecule has 76 valence electrons. The molecule has 13 heavy (non-hydrogen) atoms. The molecule has 0 spiro atoms. The predicted octanol–water partition coefficient (Wildman–Crippen LogP) is 1.96. The van der Waals surface area contributed by atoms with Gasteiger partial charge in [-0.1, -0.05) is 6.92 Å². The Morgan fingerprint density at radius 1 is 1.23 bits per heavy atom. The summed E-state index contributed by atoms with van der Waals surface area (Å²) in [5, 5.41) is 9.32. The molecular formula is C11H20O2. The molecule has 2 rings (SSSR count). The van der Waals surface area contributed by atoms with Crippen molar-refractivity contribution in [3.05, 3.63) is 0 Å². The minimum absolute atomic E-state index is 0.0473. The predicted molar refractivity (Wildman–Crippen MR) is 51.5 cm³/mol. The van der Waals surface area contributed by atoms with Gasteiger partial charge in [0.1, 0.15) is 0 Å². The van der Waals surface area contributed by atoms with Crippen molar-refractivity contribution in [1.82, 2.24) is 0 Å². The van der Waals surface area contributed by atoms with Gasteiger partial charge in [0, 0.05) is 6.61 Å². The molecule has 2 nitrogen and oxygen atoms in total. The Hall–Kier alpha value is -0.0800. The highest BCUT2D eigenvalue weighted by molar-refractivity contribution is 4.79. The number of aliphatic hydroxyl groups is 1. The molecule has 0 aromatic rings. The van der Waals surface area contributed by atoms with Gasteiger partial charge in [-0.3, -0.25) is 0 Å². The summed E-state index contributed by atoms with van der Waals surface area (Å²) in [6.45, 7) is 3.16. The van der Waals surface area contributed by atoms with E-state index in [-0.39, 0.29) is 6.10 Å². The minimum atomic E-state index is -0.0473. The third-order valence-corrected chi connectivity index (χ3v) is 3.41. The average molecular weight is 184 g/mol. The third-order valence-electron chi connectivity index (χ3n) is 3.41. The van der Waals surface area contributed by atoms with E-state index in [1.807, 2.05) is 0 Å².